The number of hydrazine groups is 2. The molecule has 2 aromatic rings. The second-order valence-corrected chi connectivity index (χ2v) is 7.73. The van der Waals surface area contributed by atoms with Crippen molar-refractivity contribution in [3.63, 3.8) is 0 Å². The van der Waals surface area contributed by atoms with Crippen molar-refractivity contribution in [3.8, 4) is 0 Å². The van der Waals surface area contributed by atoms with Gasteiger partial charge in [-0.15, -0.1) is 0 Å². The van der Waals surface area contributed by atoms with E-state index in [2.05, 4.69) is 10.9 Å². The second kappa shape index (κ2) is 7.41. The Balaban J connectivity index is 2.58. The standard InChI is InChI=1S/C14H16N4O6S2/c15-17-11-5-3-9(13(7-11)25(19,20)21)1-2-10-4-6-12(18-16)8-14(10)26(22,23)24/h1-8,17-18H,15-16H2,(H,19,20,21)(H,22,23,24)/p-2/b2-1+. The summed E-state index contributed by atoms with van der Waals surface area (Å²) in [6, 6.07) is 7.51. The molecule has 0 heterocycles. The van der Waals surface area contributed by atoms with E-state index in [1.807, 2.05) is 0 Å². The minimum Gasteiger partial charge on any atom is -0.744 e. The minimum atomic E-state index is -4.82. The molecule has 0 fully saturated rings. The van der Waals surface area contributed by atoms with Crippen LogP contribution in [0.3, 0.4) is 0 Å². The highest BCUT2D eigenvalue weighted by molar-refractivity contribution is 7.86. The average Bonchev–Trinajstić information content (AvgIpc) is 2.58. The molecule has 0 spiro atoms. The van der Waals surface area contributed by atoms with Crippen molar-refractivity contribution in [2.24, 2.45) is 11.7 Å². The molecule has 6 N–H and O–H groups in total. The maximum Gasteiger partial charge on any atom is 0.125 e. The highest BCUT2D eigenvalue weighted by Crippen LogP contribution is 2.25. The van der Waals surface area contributed by atoms with Crippen LogP contribution in [0.4, 0.5) is 11.4 Å². The molecule has 2 aromatic carbocycles. The number of nitrogen functional groups attached to an aromatic ring is 2. The van der Waals surface area contributed by atoms with Crippen LogP contribution in [0.5, 0.6) is 0 Å². The Hall–Kier alpha value is -2.48. The number of benzene rings is 2. The van der Waals surface area contributed by atoms with E-state index in [0.29, 0.717) is 0 Å². The van der Waals surface area contributed by atoms with Gasteiger partial charge >= 0.3 is 0 Å². The highest BCUT2D eigenvalue weighted by Gasteiger charge is 2.11. The summed E-state index contributed by atoms with van der Waals surface area (Å²) >= 11 is 0. The molecule has 0 atom stereocenters. The van der Waals surface area contributed by atoms with Gasteiger partial charge in [0.2, 0.25) is 0 Å². The van der Waals surface area contributed by atoms with Gasteiger partial charge in [-0.3, -0.25) is 11.7 Å². The third-order valence-electron chi connectivity index (χ3n) is 3.34. The molecule has 0 amide bonds. The van der Waals surface area contributed by atoms with Crippen molar-refractivity contribution in [2.75, 3.05) is 10.9 Å². The first kappa shape index (κ1) is 19.8. The van der Waals surface area contributed by atoms with Crippen molar-refractivity contribution in [1.82, 2.24) is 0 Å². The molecule has 0 unspecified atom stereocenters. The average molecular weight is 398 g/mol. The van der Waals surface area contributed by atoms with E-state index in [4.69, 9.17) is 11.7 Å². The fourth-order valence-electron chi connectivity index (χ4n) is 2.14. The molecular weight excluding hydrogens is 384 g/mol. The fourth-order valence-corrected chi connectivity index (χ4v) is 3.53. The Morgan fingerprint density at radius 2 is 1.08 bits per heavy atom. The van der Waals surface area contributed by atoms with Gasteiger partial charge in [-0.05, 0) is 35.4 Å². The summed E-state index contributed by atoms with van der Waals surface area (Å²) in [6.45, 7) is 0. The lowest BCUT2D eigenvalue weighted by Crippen LogP contribution is -2.09. The SMILES string of the molecule is NNc1ccc(/C=C/c2ccc(NN)cc2S(=O)(=O)[O-])c(S(=O)(=O)[O-])c1. The van der Waals surface area contributed by atoms with Gasteiger partial charge < -0.3 is 20.0 Å². The smallest absolute Gasteiger partial charge is 0.125 e. The number of nitrogens with two attached hydrogens (primary N) is 2. The van der Waals surface area contributed by atoms with E-state index in [-0.39, 0.29) is 22.5 Å². The number of rotatable bonds is 6. The van der Waals surface area contributed by atoms with Crippen molar-refractivity contribution >= 4 is 43.8 Å². The second-order valence-electron chi connectivity index (χ2n) is 5.04. The van der Waals surface area contributed by atoms with Crippen molar-refractivity contribution in [1.29, 1.82) is 0 Å². The molecule has 12 heteroatoms. The van der Waals surface area contributed by atoms with E-state index < -0.39 is 30.0 Å². The van der Waals surface area contributed by atoms with Gasteiger partial charge in [-0.25, -0.2) is 16.8 Å². The summed E-state index contributed by atoms with van der Waals surface area (Å²) < 4.78 is 68.5. The summed E-state index contributed by atoms with van der Waals surface area (Å²) in [5.74, 6) is 10.4. The van der Waals surface area contributed by atoms with E-state index in [9.17, 15) is 25.9 Å². The number of nitrogens with one attached hydrogen (secondary N) is 2. The Bertz CT molecular complexity index is 979. The molecule has 26 heavy (non-hydrogen) atoms. The van der Waals surface area contributed by atoms with Gasteiger partial charge in [0, 0.05) is 11.4 Å². The molecule has 0 aliphatic heterocycles. The Morgan fingerprint density at radius 1 is 0.731 bits per heavy atom. The Kier molecular flexibility index (Phi) is 5.65. The normalized spacial score (nSPS) is 12.3. The molecule has 0 aliphatic rings. The molecular formula is C14H14N4O6S2-2. The zero-order valence-corrected chi connectivity index (χ0v) is 14.7. The van der Waals surface area contributed by atoms with Gasteiger partial charge in [-0.1, -0.05) is 24.3 Å². The van der Waals surface area contributed by atoms with Crippen LogP contribution in [-0.2, 0) is 20.2 Å². The molecule has 0 saturated carbocycles. The third-order valence-corrected chi connectivity index (χ3v) is 5.13. The first-order valence-electron chi connectivity index (χ1n) is 6.87. The molecule has 140 valence electrons. The van der Waals surface area contributed by atoms with E-state index in [1.165, 1.54) is 36.4 Å². The largest absolute Gasteiger partial charge is 0.744 e. The summed E-state index contributed by atoms with van der Waals surface area (Å²) in [6.07, 6.45) is 2.40. The Labute approximate surface area is 150 Å². The summed E-state index contributed by atoms with van der Waals surface area (Å²) in [7, 11) is -9.65. The fraction of sp³-hybridized carbons (Fsp3) is 0. The van der Waals surface area contributed by atoms with Crippen LogP contribution in [0.1, 0.15) is 11.1 Å². The van der Waals surface area contributed by atoms with Crippen LogP contribution in [0, 0.1) is 0 Å². The van der Waals surface area contributed by atoms with Crippen LogP contribution in [0.25, 0.3) is 12.2 Å². The van der Waals surface area contributed by atoms with Crippen LogP contribution in [0.2, 0.25) is 0 Å². The van der Waals surface area contributed by atoms with Gasteiger partial charge in [-0.2, -0.15) is 0 Å². The van der Waals surface area contributed by atoms with E-state index in [1.54, 1.807) is 0 Å². The molecule has 10 nitrogen and oxygen atoms in total. The molecule has 0 aliphatic carbocycles. The predicted molar refractivity (Wildman–Crippen MR) is 93.4 cm³/mol. The van der Waals surface area contributed by atoms with Crippen LogP contribution in [-0.4, -0.2) is 25.9 Å². The highest BCUT2D eigenvalue weighted by atomic mass is 32.2. The first-order valence-corrected chi connectivity index (χ1v) is 9.69. The van der Waals surface area contributed by atoms with Crippen LogP contribution >= 0.6 is 0 Å². The zero-order valence-electron chi connectivity index (χ0n) is 13.0. The summed E-state index contributed by atoms with van der Waals surface area (Å²) in [5.41, 5.74) is 4.80. The topological polar surface area (TPSA) is 190 Å². The van der Waals surface area contributed by atoms with Crippen LogP contribution in [0.15, 0.2) is 46.2 Å². The predicted octanol–water partition coefficient (Wildman–Crippen LogP) is 0.236. The van der Waals surface area contributed by atoms with Crippen molar-refractivity contribution in [2.45, 2.75) is 9.79 Å². The molecule has 2 rings (SSSR count). The lowest BCUT2D eigenvalue weighted by molar-refractivity contribution is 0.460. The Morgan fingerprint density at radius 3 is 1.35 bits per heavy atom. The first-order chi connectivity index (χ1) is 12.1. The van der Waals surface area contributed by atoms with E-state index >= 15 is 0 Å². The third kappa shape index (κ3) is 4.57. The van der Waals surface area contributed by atoms with E-state index in [0.717, 1.165) is 12.1 Å². The number of hydrogen-bond donors (Lipinski definition) is 4. The molecule has 0 bridgehead atoms. The van der Waals surface area contributed by atoms with Crippen molar-refractivity contribution in [3.05, 3.63) is 47.5 Å². The van der Waals surface area contributed by atoms with Crippen molar-refractivity contribution < 1.29 is 25.9 Å². The zero-order chi connectivity index (χ0) is 19.5. The number of hydrogen-bond acceptors (Lipinski definition) is 10. The molecule has 0 aromatic heterocycles. The summed E-state index contributed by atoms with van der Waals surface area (Å²) in [4.78, 5) is -1.12. The van der Waals surface area contributed by atoms with Gasteiger partial charge in [0.05, 0.1) is 9.79 Å². The maximum atomic E-state index is 11.4. The van der Waals surface area contributed by atoms with Gasteiger partial charge in [0.15, 0.2) is 0 Å². The van der Waals surface area contributed by atoms with Gasteiger partial charge in [0.25, 0.3) is 0 Å². The quantitative estimate of drug-likeness (QED) is 0.227. The maximum absolute atomic E-state index is 11.4. The van der Waals surface area contributed by atoms with Crippen LogP contribution < -0.4 is 22.5 Å². The number of anilines is 2. The minimum absolute atomic E-state index is 0.00530. The summed E-state index contributed by atoms with van der Waals surface area (Å²) in [5, 5.41) is 0. The molecule has 0 saturated heterocycles. The van der Waals surface area contributed by atoms with Gasteiger partial charge in [0.1, 0.15) is 20.2 Å². The lowest BCUT2D eigenvalue weighted by Gasteiger charge is -2.14. The molecule has 0 radical (unpaired) electrons. The monoisotopic (exact) mass is 398 g/mol. The lowest BCUT2D eigenvalue weighted by atomic mass is 10.1.